The molecule has 0 atom stereocenters. The molecular formula is C11H5Cl2N3S. The molecule has 2 aromatic rings. The number of nitrogens with zero attached hydrogens (tertiary/aromatic N) is 3. The van der Waals surface area contributed by atoms with Crippen LogP contribution in [0.4, 0.5) is 0 Å². The van der Waals surface area contributed by atoms with Gasteiger partial charge in [-0.25, -0.2) is 9.97 Å². The molecule has 0 saturated heterocycles. The fraction of sp³-hybridized carbons (Fsp3) is 0. The Bertz CT molecular complexity index is 578. The lowest BCUT2D eigenvalue weighted by molar-refractivity contribution is 1.09. The molecule has 0 N–H and O–H groups in total. The van der Waals surface area contributed by atoms with E-state index in [1.807, 2.05) is 6.07 Å². The molecule has 0 aliphatic carbocycles. The normalized spacial score (nSPS) is 9.94. The predicted octanol–water partition coefficient (Wildman–Crippen LogP) is 3.81. The van der Waals surface area contributed by atoms with E-state index in [-0.39, 0.29) is 0 Å². The molecule has 0 aliphatic rings. The standard InChI is InChI=1S/C11H5Cl2N3S/c12-8-1-2-9(16-6-8)17-11-10(13)7(5-14)3-4-15-11/h1-4,6H. The number of hydrogen-bond donors (Lipinski definition) is 0. The molecular weight excluding hydrogens is 277 g/mol. The molecule has 0 amide bonds. The topological polar surface area (TPSA) is 49.6 Å². The second-order valence-corrected chi connectivity index (χ2v) is 4.83. The quantitative estimate of drug-likeness (QED) is 0.840. The Balaban J connectivity index is 2.31. The number of nitriles is 1. The number of hydrogen-bond acceptors (Lipinski definition) is 4. The van der Waals surface area contributed by atoms with Crippen LogP contribution in [0.1, 0.15) is 5.56 Å². The molecule has 6 heteroatoms. The first-order valence-electron chi connectivity index (χ1n) is 4.54. The van der Waals surface area contributed by atoms with Gasteiger partial charge in [-0.15, -0.1) is 0 Å². The molecule has 2 heterocycles. The van der Waals surface area contributed by atoms with E-state index in [1.54, 1.807) is 30.6 Å². The maximum atomic E-state index is 8.84. The minimum absolute atomic E-state index is 0.344. The molecule has 0 bridgehead atoms. The summed E-state index contributed by atoms with van der Waals surface area (Å²) >= 11 is 13.1. The Morgan fingerprint density at radius 1 is 1.18 bits per heavy atom. The SMILES string of the molecule is N#Cc1ccnc(Sc2ccc(Cl)cn2)c1Cl. The van der Waals surface area contributed by atoms with Crippen LogP contribution in [0.3, 0.4) is 0 Å². The van der Waals surface area contributed by atoms with Crippen LogP contribution in [0.15, 0.2) is 40.6 Å². The fourth-order valence-electron chi connectivity index (χ4n) is 1.10. The van der Waals surface area contributed by atoms with Crippen LogP contribution in [-0.4, -0.2) is 9.97 Å². The van der Waals surface area contributed by atoms with Gasteiger partial charge in [0.15, 0.2) is 0 Å². The number of pyridine rings is 2. The fourth-order valence-corrected chi connectivity index (χ4v) is 2.24. The van der Waals surface area contributed by atoms with Gasteiger partial charge in [0.05, 0.1) is 15.6 Å². The second kappa shape index (κ2) is 5.37. The van der Waals surface area contributed by atoms with Gasteiger partial charge in [0.25, 0.3) is 0 Å². The molecule has 0 radical (unpaired) electrons. The highest BCUT2D eigenvalue weighted by Crippen LogP contribution is 2.32. The van der Waals surface area contributed by atoms with Crippen LogP contribution in [0.5, 0.6) is 0 Å². The van der Waals surface area contributed by atoms with Gasteiger partial charge in [0, 0.05) is 12.4 Å². The van der Waals surface area contributed by atoms with E-state index in [2.05, 4.69) is 9.97 Å². The highest BCUT2D eigenvalue weighted by Gasteiger charge is 2.09. The first-order chi connectivity index (χ1) is 8.20. The largest absolute Gasteiger partial charge is 0.248 e. The molecule has 0 fully saturated rings. The van der Waals surface area contributed by atoms with Crippen molar-refractivity contribution in [2.24, 2.45) is 0 Å². The Hall–Kier alpha value is -1.28. The van der Waals surface area contributed by atoms with E-state index >= 15 is 0 Å². The van der Waals surface area contributed by atoms with Crippen molar-refractivity contribution in [1.82, 2.24) is 9.97 Å². The van der Waals surface area contributed by atoms with Gasteiger partial charge in [0.2, 0.25) is 0 Å². The zero-order valence-corrected chi connectivity index (χ0v) is 10.7. The van der Waals surface area contributed by atoms with Crippen LogP contribution in [0, 0.1) is 11.3 Å². The first kappa shape index (κ1) is 12.2. The Morgan fingerprint density at radius 3 is 2.65 bits per heavy atom. The zero-order valence-electron chi connectivity index (χ0n) is 8.39. The predicted molar refractivity (Wildman–Crippen MR) is 67.3 cm³/mol. The Kier molecular flexibility index (Phi) is 3.85. The lowest BCUT2D eigenvalue weighted by Crippen LogP contribution is -1.87. The highest BCUT2D eigenvalue weighted by atomic mass is 35.5. The first-order valence-corrected chi connectivity index (χ1v) is 6.12. The highest BCUT2D eigenvalue weighted by molar-refractivity contribution is 7.99. The van der Waals surface area contributed by atoms with E-state index in [1.165, 1.54) is 11.8 Å². The van der Waals surface area contributed by atoms with Gasteiger partial charge >= 0.3 is 0 Å². The van der Waals surface area contributed by atoms with Crippen molar-refractivity contribution >= 4 is 35.0 Å². The van der Waals surface area contributed by atoms with E-state index in [4.69, 9.17) is 28.5 Å². The average Bonchev–Trinajstić information content (AvgIpc) is 2.35. The van der Waals surface area contributed by atoms with E-state index in [0.29, 0.717) is 20.6 Å². The van der Waals surface area contributed by atoms with Crippen molar-refractivity contribution in [3.05, 3.63) is 46.2 Å². The molecule has 0 saturated carbocycles. The average molecular weight is 282 g/mol. The number of rotatable bonds is 2. The second-order valence-electron chi connectivity index (χ2n) is 3.01. The van der Waals surface area contributed by atoms with Crippen LogP contribution < -0.4 is 0 Å². The van der Waals surface area contributed by atoms with E-state index < -0.39 is 0 Å². The molecule has 17 heavy (non-hydrogen) atoms. The summed E-state index contributed by atoms with van der Waals surface area (Å²) in [5.74, 6) is 0. The summed E-state index contributed by atoms with van der Waals surface area (Å²) in [5, 5.41) is 11.0. The molecule has 0 aromatic carbocycles. The van der Waals surface area contributed by atoms with Gasteiger partial charge in [-0.2, -0.15) is 5.26 Å². The summed E-state index contributed by atoms with van der Waals surface area (Å²) in [6.07, 6.45) is 3.09. The van der Waals surface area contributed by atoms with Crippen LogP contribution in [0.2, 0.25) is 10.0 Å². The smallest absolute Gasteiger partial charge is 0.122 e. The van der Waals surface area contributed by atoms with Gasteiger partial charge < -0.3 is 0 Å². The Morgan fingerprint density at radius 2 is 2.00 bits per heavy atom. The van der Waals surface area contributed by atoms with Crippen molar-refractivity contribution in [2.45, 2.75) is 10.1 Å². The minimum atomic E-state index is 0.344. The molecule has 3 nitrogen and oxygen atoms in total. The summed E-state index contributed by atoms with van der Waals surface area (Å²) in [5.41, 5.74) is 0.401. The number of halogens is 2. The summed E-state index contributed by atoms with van der Waals surface area (Å²) in [6.45, 7) is 0. The summed E-state index contributed by atoms with van der Waals surface area (Å²) in [6, 6.07) is 7.08. The van der Waals surface area contributed by atoms with Crippen molar-refractivity contribution in [2.75, 3.05) is 0 Å². The summed E-state index contributed by atoms with van der Waals surface area (Å²) in [7, 11) is 0. The van der Waals surface area contributed by atoms with Crippen molar-refractivity contribution in [3.63, 3.8) is 0 Å². The monoisotopic (exact) mass is 281 g/mol. The minimum Gasteiger partial charge on any atom is -0.248 e. The zero-order chi connectivity index (χ0) is 12.3. The third-order valence-electron chi connectivity index (χ3n) is 1.88. The third kappa shape index (κ3) is 2.89. The van der Waals surface area contributed by atoms with Crippen LogP contribution >= 0.6 is 35.0 Å². The van der Waals surface area contributed by atoms with E-state index in [9.17, 15) is 0 Å². The summed E-state index contributed by atoms with van der Waals surface area (Å²) in [4.78, 5) is 8.23. The molecule has 2 aromatic heterocycles. The molecule has 2 rings (SSSR count). The number of aromatic nitrogens is 2. The molecule has 0 unspecified atom stereocenters. The third-order valence-corrected chi connectivity index (χ3v) is 3.55. The van der Waals surface area contributed by atoms with Crippen molar-refractivity contribution in [1.29, 1.82) is 5.26 Å². The molecule has 0 spiro atoms. The van der Waals surface area contributed by atoms with Gasteiger partial charge in [0.1, 0.15) is 16.1 Å². The Labute approximate surface area is 112 Å². The maximum Gasteiger partial charge on any atom is 0.122 e. The molecule has 0 aliphatic heterocycles. The van der Waals surface area contributed by atoms with E-state index in [0.717, 1.165) is 5.03 Å². The maximum absolute atomic E-state index is 8.84. The van der Waals surface area contributed by atoms with Crippen molar-refractivity contribution in [3.8, 4) is 6.07 Å². The van der Waals surface area contributed by atoms with Gasteiger partial charge in [-0.05, 0) is 30.0 Å². The van der Waals surface area contributed by atoms with Crippen LogP contribution in [0.25, 0.3) is 0 Å². The van der Waals surface area contributed by atoms with Crippen molar-refractivity contribution < 1.29 is 0 Å². The lowest BCUT2D eigenvalue weighted by atomic mass is 10.3. The molecule has 84 valence electrons. The lowest BCUT2D eigenvalue weighted by Gasteiger charge is -2.03. The van der Waals surface area contributed by atoms with Crippen LogP contribution in [-0.2, 0) is 0 Å². The van der Waals surface area contributed by atoms with Gasteiger partial charge in [-0.3, -0.25) is 0 Å². The van der Waals surface area contributed by atoms with Gasteiger partial charge in [-0.1, -0.05) is 23.2 Å². The summed E-state index contributed by atoms with van der Waals surface area (Å²) < 4.78 is 0.